The van der Waals surface area contributed by atoms with Gasteiger partial charge in [0.1, 0.15) is 39.9 Å². The van der Waals surface area contributed by atoms with E-state index < -0.39 is 52.7 Å². The van der Waals surface area contributed by atoms with E-state index in [2.05, 4.69) is 23.8 Å². The lowest BCUT2D eigenvalue weighted by molar-refractivity contribution is -0.132. The summed E-state index contributed by atoms with van der Waals surface area (Å²) >= 11 is 0. The fraction of sp³-hybridized carbons (Fsp3) is 0.439. The van der Waals surface area contributed by atoms with Gasteiger partial charge < -0.3 is 54.3 Å². The molecule has 12 rings (SSSR count). The molecule has 6 aromatic carbocycles. The first-order valence-corrected chi connectivity index (χ1v) is 43.3. The van der Waals surface area contributed by atoms with E-state index >= 15 is 0 Å². The minimum atomic E-state index is -1.22. The van der Waals surface area contributed by atoms with Gasteiger partial charge in [-0.2, -0.15) is 9.80 Å². The number of fused-ring (bicyclic) bond motifs is 3. The van der Waals surface area contributed by atoms with Gasteiger partial charge in [-0.1, -0.05) is 82.3 Å². The Morgan fingerprint density at radius 1 is 0.355 bits per heavy atom. The molecule has 0 aromatic heterocycles. The Hall–Kier alpha value is -12.4. The van der Waals surface area contributed by atoms with Gasteiger partial charge in [0.25, 0.3) is 17.7 Å². The van der Waals surface area contributed by atoms with Gasteiger partial charge in [0, 0.05) is 135 Å². The van der Waals surface area contributed by atoms with Crippen LogP contribution in [-0.2, 0) is 33.3 Å². The second kappa shape index (κ2) is 41.2. The zero-order chi connectivity index (χ0) is 90.1. The van der Waals surface area contributed by atoms with Gasteiger partial charge in [0.15, 0.2) is 0 Å². The lowest BCUT2D eigenvalue weighted by atomic mass is 9.99. The van der Waals surface area contributed by atoms with Crippen LogP contribution in [0.4, 0.5) is 36.2 Å². The highest BCUT2D eigenvalue weighted by Gasteiger charge is 2.40. The molecule has 9 amide bonds. The Morgan fingerprint density at radius 3 is 0.871 bits per heavy atom. The molecule has 658 valence electrons. The Bertz CT molecular complexity index is 5080. The van der Waals surface area contributed by atoms with Crippen molar-refractivity contribution in [3.05, 3.63) is 177 Å². The number of hydrogen-bond acceptors (Lipinski definition) is 18. The number of carbonyl (C=O) groups excluding carboxylic acids is 9. The number of benzene rings is 6. The lowest BCUT2D eigenvalue weighted by Gasteiger charge is -2.29. The van der Waals surface area contributed by atoms with Crippen LogP contribution in [0.25, 0.3) is 51.6 Å². The first kappa shape index (κ1) is 93.9. The predicted molar refractivity (Wildman–Crippen MR) is 485 cm³/mol. The van der Waals surface area contributed by atoms with Crippen molar-refractivity contribution < 1.29 is 72.0 Å². The molecule has 0 bridgehead atoms. The van der Waals surface area contributed by atoms with Gasteiger partial charge in [-0.05, 0) is 272 Å². The van der Waals surface area contributed by atoms with Gasteiger partial charge in [-0.3, -0.25) is 24.0 Å². The van der Waals surface area contributed by atoms with Crippen molar-refractivity contribution in [2.24, 2.45) is 20.7 Å². The Kier molecular flexibility index (Phi) is 31.2. The van der Waals surface area contributed by atoms with Gasteiger partial charge >= 0.3 is 30.3 Å². The molecular weight excluding hydrogens is 1570 g/mol. The van der Waals surface area contributed by atoms with Gasteiger partial charge in [-0.25, -0.2) is 38.9 Å². The van der Waals surface area contributed by atoms with Crippen molar-refractivity contribution in [3.63, 3.8) is 0 Å². The van der Waals surface area contributed by atoms with Crippen LogP contribution >= 0.6 is 0 Å². The van der Waals surface area contributed by atoms with Crippen molar-refractivity contribution in [1.29, 1.82) is 0 Å². The fourth-order valence-corrected chi connectivity index (χ4v) is 15.0. The number of nitrogens with zero attached hydrogens (tertiary/aromatic N) is 10. The van der Waals surface area contributed by atoms with Crippen molar-refractivity contribution in [3.8, 4) is 33.4 Å². The number of aliphatic carboxylic acids is 1. The SMILES string of the molecule is CC(C)(C)OC(=O)N(C(=O)OC(C)(C)C)C1=Nc2ccc(-c3ccc(C(=O)N4CCCC4)cc3)cc2C=C(C(=O)O)C1.CCCN(CCC)C(=O)C1=Cc2cc(-c3ccc(C(=O)N4CCCC4)cc3)ccc2N=C(N(C(=O)OC(C)(C)C)C(=O)OC(C)(C)C)C1.CCCN(CCC)C(=O)C1=Cc2cc(-c3ccc(C(=O)N4CCCC4)cc3)ccc2N=C(N)C1. The Labute approximate surface area is 728 Å². The number of carboxylic acids is 1. The third kappa shape index (κ3) is 25.4. The van der Waals surface area contributed by atoms with E-state index in [0.29, 0.717) is 75.0 Å². The maximum Gasteiger partial charge on any atom is 0.425 e. The molecule has 0 unspecified atom stereocenters. The minimum Gasteiger partial charge on any atom is -0.478 e. The summed E-state index contributed by atoms with van der Waals surface area (Å²) in [4.78, 5) is 156. The maximum absolute atomic E-state index is 14.1. The number of ether oxygens (including phenoxy) is 4. The van der Waals surface area contributed by atoms with Crippen LogP contribution < -0.4 is 5.73 Å². The van der Waals surface area contributed by atoms with Gasteiger partial charge in [0.05, 0.1) is 17.1 Å². The van der Waals surface area contributed by atoms with E-state index in [1.807, 2.05) is 137 Å². The number of aliphatic imine (C=N–C) groups is 3. The van der Waals surface area contributed by atoms with Gasteiger partial charge in [0.2, 0.25) is 11.8 Å². The molecule has 0 atom stereocenters. The van der Waals surface area contributed by atoms with Gasteiger partial charge in [-0.15, -0.1) is 0 Å². The van der Waals surface area contributed by atoms with Crippen molar-refractivity contribution >= 4 is 113 Å². The Balaban J connectivity index is 0.000000197. The molecule has 6 aromatic rings. The summed E-state index contributed by atoms with van der Waals surface area (Å²) in [6, 6.07) is 39.5. The number of carboxylic acid groups (broad SMARTS) is 1. The highest BCUT2D eigenvalue weighted by atomic mass is 16.6. The smallest absolute Gasteiger partial charge is 0.425 e. The minimum absolute atomic E-state index is 0.0106. The highest BCUT2D eigenvalue weighted by Crippen LogP contribution is 2.38. The number of imide groups is 2. The van der Waals surface area contributed by atoms with E-state index in [1.165, 1.54) is 6.08 Å². The molecule has 6 aliphatic rings. The van der Waals surface area contributed by atoms with E-state index in [0.717, 1.165) is 172 Å². The third-order valence-corrected chi connectivity index (χ3v) is 20.7. The summed E-state index contributed by atoms with van der Waals surface area (Å²) in [5.74, 6) is -0.888. The summed E-state index contributed by atoms with van der Waals surface area (Å²) in [6.07, 6.45) is 10.8. The van der Waals surface area contributed by atoms with Crippen molar-refractivity contribution in [2.45, 2.75) is 217 Å². The highest BCUT2D eigenvalue weighted by molar-refractivity contribution is 6.16. The summed E-state index contributed by atoms with van der Waals surface area (Å²) in [5, 5.41) is 9.99. The molecule has 0 radical (unpaired) electrons. The molecule has 6 aliphatic heterocycles. The third-order valence-electron chi connectivity index (χ3n) is 20.7. The molecule has 3 fully saturated rings. The van der Waals surface area contributed by atoms with Crippen LogP contribution in [-0.4, -0.2) is 205 Å². The number of nitrogens with two attached hydrogens (primary N) is 1. The first-order chi connectivity index (χ1) is 58.7. The normalized spacial score (nSPS) is 15.0. The lowest BCUT2D eigenvalue weighted by Crippen LogP contribution is -2.47. The molecule has 3 saturated heterocycles. The van der Waals surface area contributed by atoms with Crippen LogP contribution in [0.3, 0.4) is 0 Å². The molecule has 0 spiro atoms. The molecule has 124 heavy (non-hydrogen) atoms. The second-order valence-electron chi connectivity index (χ2n) is 35.7. The van der Waals surface area contributed by atoms with E-state index in [4.69, 9.17) is 29.7 Å². The summed E-state index contributed by atoms with van der Waals surface area (Å²) in [6.45, 7) is 35.8. The Morgan fingerprint density at radius 2 is 0.605 bits per heavy atom. The number of hydrogen-bond donors (Lipinski definition) is 2. The van der Waals surface area contributed by atoms with Crippen LogP contribution in [0.2, 0.25) is 0 Å². The molecular formula is C98H121N11O15. The van der Waals surface area contributed by atoms with Crippen LogP contribution in [0.1, 0.15) is 242 Å². The molecule has 26 heteroatoms. The summed E-state index contributed by atoms with van der Waals surface area (Å²) in [7, 11) is 0. The number of amides is 9. The van der Waals surface area contributed by atoms with E-state index in [9.17, 15) is 53.1 Å². The zero-order valence-electron chi connectivity index (χ0n) is 74.8. The van der Waals surface area contributed by atoms with Crippen LogP contribution in [0.15, 0.2) is 159 Å². The predicted octanol–water partition coefficient (Wildman–Crippen LogP) is 19.9. The number of likely N-dealkylation sites (tertiary alicyclic amines) is 3. The van der Waals surface area contributed by atoms with Crippen molar-refractivity contribution in [2.75, 3.05) is 65.4 Å². The zero-order valence-corrected chi connectivity index (χ0v) is 74.8. The average molecular weight is 1690 g/mol. The average Bonchev–Trinajstić information content (AvgIpc) is 1.65. The monoisotopic (exact) mass is 1690 g/mol. The molecule has 6 heterocycles. The first-order valence-electron chi connectivity index (χ1n) is 43.3. The van der Waals surface area contributed by atoms with E-state index in [-0.39, 0.29) is 59.6 Å². The summed E-state index contributed by atoms with van der Waals surface area (Å²) < 4.78 is 22.2. The summed E-state index contributed by atoms with van der Waals surface area (Å²) in [5.41, 5.74) is 14.5. The van der Waals surface area contributed by atoms with Crippen LogP contribution in [0.5, 0.6) is 0 Å². The fourth-order valence-electron chi connectivity index (χ4n) is 15.0. The largest absolute Gasteiger partial charge is 0.478 e. The quantitative estimate of drug-likeness (QED) is 0.0802. The number of amidine groups is 3. The molecule has 0 saturated carbocycles. The van der Waals surface area contributed by atoms with Crippen LogP contribution in [0, 0.1) is 0 Å². The number of rotatable bonds is 17. The standard InChI is InChI=1S/C38H50N4O6.C32H37N3O7.C28H34N4O2/c1-9-19-40(20-10-2)34(44)30-24-29-23-28(26-13-15-27(16-14-26)33(43)41-21-11-12-22-41)17-18-31(29)39-32(25-30)42(35(45)47-37(3,4)5)36(46)48-38(6,7)8;1-31(2,3)41-29(39)35(30(40)42-32(4,5)6)26-19-24(28(37)38)18-23-17-22(13-14-25(23)33-26)20-9-11-21(12-10-20)27(36)34-15-7-8-16-34;1-3-13-31(14-4-2)28(34)24-18-23-17-22(11-12-25(23)30-26(29)19-24)20-7-9-21(10-8-20)27(33)32-15-5-6-16-32/h13-18,23-24H,9-12,19-22,25H2,1-8H3;9-14,17-18H,7-8,15-16,19H2,1-6H3,(H,37,38);7-12,17-18H,3-6,13-16,19H2,1-2H3,(H2,29,30). The van der Waals surface area contributed by atoms with E-state index in [1.54, 1.807) is 124 Å². The molecule has 0 aliphatic carbocycles. The van der Waals surface area contributed by atoms with Crippen molar-refractivity contribution in [1.82, 2.24) is 34.3 Å². The molecule has 3 N–H and O–H groups in total. The maximum atomic E-state index is 14.1. The topological polar surface area (TPSA) is 314 Å². The molecule has 26 nitrogen and oxygen atoms in total. The number of carbonyl (C=O) groups is 10. The second-order valence-corrected chi connectivity index (χ2v) is 35.7.